The highest BCUT2D eigenvalue weighted by atomic mass is 32.2. The second-order valence-electron chi connectivity index (χ2n) is 8.21. The Morgan fingerprint density at radius 2 is 2.30 bits per heavy atom. The van der Waals surface area contributed by atoms with Crippen LogP contribution in [-0.4, -0.2) is 80.8 Å². The van der Waals surface area contributed by atoms with Crippen molar-refractivity contribution in [2.75, 3.05) is 31.7 Å². The number of nitrogen functional groups attached to an aromatic ring is 1. The van der Waals surface area contributed by atoms with E-state index in [1.165, 1.54) is 30.2 Å². The van der Waals surface area contributed by atoms with Crippen molar-refractivity contribution in [3.63, 3.8) is 0 Å². The molecule has 0 bridgehead atoms. The summed E-state index contributed by atoms with van der Waals surface area (Å²) in [7, 11) is 1.28. The predicted molar refractivity (Wildman–Crippen MR) is 134 cm³/mol. The van der Waals surface area contributed by atoms with Gasteiger partial charge in [-0.15, -0.1) is 23.1 Å². The molecule has 2 amide bonds. The van der Waals surface area contributed by atoms with E-state index >= 15 is 0 Å². The number of hydrogen-bond acceptors (Lipinski definition) is 11. The van der Waals surface area contributed by atoms with Crippen molar-refractivity contribution in [1.82, 2.24) is 20.2 Å². The van der Waals surface area contributed by atoms with E-state index in [-0.39, 0.29) is 22.2 Å². The van der Waals surface area contributed by atoms with E-state index in [0.717, 1.165) is 21.8 Å². The number of quaternary nitrogens is 1. The maximum Gasteiger partial charge on any atom is 0.352 e. The van der Waals surface area contributed by atoms with E-state index in [0.29, 0.717) is 30.2 Å². The summed E-state index contributed by atoms with van der Waals surface area (Å²) in [5, 5.41) is 17.6. The van der Waals surface area contributed by atoms with E-state index in [2.05, 4.69) is 20.4 Å². The molecule has 0 spiro atoms. The molecular formula is C22H22N7O6S2+. The van der Waals surface area contributed by atoms with Gasteiger partial charge in [0.15, 0.2) is 23.0 Å². The number of rotatable bonds is 8. The molecular weight excluding hydrogens is 522 g/mol. The fourth-order valence-corrected chi connectivity index (χ4v) is 6.15. The fourth-order valence-electron chi connectivity index (χ4n) is 4.25. The standard InChI is InChI=1S/C22H21N7O6S2/c1-34-27-15(13-9-37-22(23)25-13)18(30)26-16-19(31)29-17(21(32)33)12(8-36-20(16)29)7-28-4-2-11(3-5-28)14-6-24-10-35-14/h2-4,6,9-10,16,20H,5,7-8H2,1H3,(H2,23,25)(H,26,30)(H,32,33)/p+1/b27-15+/t16-,20-/m1/s1. The number of oxazole rings is 1. The monoisotopic (exact) mass is 544 g/mol. The van der Waals surface area contributed by atoms with Gasteiger partial charge in [0.25, 0.3) is 11.8 Å². The molecule has 2 aromatic heterocycles. The molecule has 37 heavy (non-hydrogen) atoms. The van der Waals surface area contributed by atoms with Gasteiger partial charge in [0.05, 0.1) is 12.4 Å². The Kier molecular flexibility index (Phi) is 6.82. The van der Waals surface area contributed by atoms with Gasteiger partial charge in [0, 0.05) is 28.4 Å². The van der Waals surface area contributed by atoms with Gasteiger partial charge in [0.2, 0.25) is 0 Å². The van der Waals surface area contributed by atoms with Crippen LogP contribution in [0.3, 0.4) is 0 Å². The third kappa shape index (κ3) is 4.75. The number of amides is 2. The second kappa shape index (κ2) is 10.2. The van der Waals surface area contributed by atoms with Gasteiger partial charge in [-0.25, -0.2) is 14.8 Å². The SMILES string of the molecule is CO/N=C(/C(=O)N[C@@H]1C(=O)N2C(C(=O)O)=C(C[NH+]3C=CC(c4cnco4)=CC3)CS[C@H]12)c1csc(N)n1. The first kappa shape index (κ1) is 24.7. The molecule has 5 heterocycles. The number of β-lactam (4-membered cyclic amide) rings is 1. The lowest BCUT2D eigenvalue weighted by Gasteiger charge is -2.49. The highest BCUT2D eigenvalue weighted by molar-refractivity contribution is 8.00. The van der Waals surface area contributed by atoms with Gasteiger partial charge in [0.1, 0.15) is 43.0 Å². The summed E-state index contributed by atoms with van der Waals surface area (Å²) in [6, 6.07) is -0.916. The van der Waals surface area contributed by atoms with Crippen LogP contribution in [0.4, 0.5) is 5.13 Å². The highest BCUT2D eigenvalue weighted by Gasteiger charge is 2.54. The number of oxime groups is 1. The van der Waals surface area contributed by atoms with Crippen LogP contribution in [0.25, 0.3) is 5.57 Å². The van der Waals surface area contributed by atoms with Crippen molar-refractivity contribution in [1.29, 1.82) is 0 Å². The number of thiazole rings is 1. The molecule has 3 atom stereocenters. The number of aromatic nitrogens is 2. The zero-order chi connectivity index (χ0) is 26.1. The number of aliphatic carboxylic acids is 1. The number of allylic oxidation sites excluding steroid dienone is 2. The Morgan fingerprint density at radius 1 is 1.46 bits per heavy atom. The van der Waals surface area contributed by atoms with Crippen molar-refractivity contribution in [3.05, 3.63) is 59.0 Å². The lowest BCUT2D eigenvalue weighted by atomic mass is 10.0. The molecule has 5 rings (SSSR count). The van der Waals surface area contributed by atoms with Gasteiger partial charge >= 0.3 is 5.97 Å². The molecule has 0 radical (unpaired) electrons. The van der Waals surface area contributed by atoms with E-state index < -0.39 is 29.2 Å². The number of carboxylic acids is 1. The molecule has 0 aliphatic carbocycles. The number of nitrogens with one attached hydrogen (secondary N) is 2. The third-order valence-corrected chi connectivity index (χ3v) is 7.95. The molecule has 1 fully saturated rings. The summed E-state index contributed by atoms with van der Waals surface area (Å²) in [6.45, 7) is 1.03. The normalized spacial score (nSPS) is 23.3. The van der Waals surface area contributed by atoms with Crippen molar-refractivity contribution in [2.24, 2.45) is 5.16 Å². The number of nitrogens with zero attached hydrogens (tertiary/aromatic N) is 4. The highest BCUT2D eigenvalue weighted by Crippen LogP contribution is 2.40. The number of carbonyl (C=O) groups is 3. The number of carbonyl (C=O) groups excluding carboxylic acids is 2. The van der Waals surface area contributed by atoms with Crippen molar-refractivity contribution >= 4 is 57.3 Å². The van der Waals surface area contributed by atoms with Gasteiger partial charge < -0.3 is 30.3 Å². The number of nitrogens with two attached hydrogens (primary N) is 1. The van der Waals surface area contributed by atoms with Gasteiger partial charge in [-0.05, 0) is 6.08 Å². The Bertz CT molecular complexity index is 1360. The minimum absolute atomic E-state index is 0.0387. The van der Waals surface area contributed by atoms with Crippen molar-refractivity contribution < 1.29 is 33.6 Å². The number of anilines is 1. The minimum atomic E-state index is -1.18. The van der Waals surface area contributed by atoms with Crippen LogP contribution >= 0.6 is 23.1 Å². The van der Waals surface area contributed by atoms with Crippen LogP contribution in [0.15, 0.2) is 57.2 Å². The zero-order valence-electron chi connectivity index (χ0n) is 19.4. The van der Waals surface area contributed by atoms with Crippen LogP contribution in [0, 0.1) is 0 Å². The fraction of sp³-hybridized carbons (Fsp3) is 0.273. The Balaban J connectivity index is 1.28. The molecule has 3 aliphatic heterocycles. The lowest BCUT2D eigenvalue weighted by Crippen LogP contribution is -3.08. The number of hydrogen-bond donors (Lipinski definition) is 4. The Morgan fingerprint density at radius 3 is 2.92 bits per heavy atom. The van der Waals surface area contributed by atoms with E-state index in [4.69, 9.17) is 15.0 Å². The molecule has 0 saturated carbocycles. The summed E-state index contributed by atoms with van der Waals surface area (Å²) in [6.07, 6.45) is 8.82. The number of carboxylic acid groups (broad SMARTS) is 1. The third-order valence-electron chi connectivity index (χ3n) is 5.94. The smallest absolute Gasteiger partial charge is 0.352 e. The lowest BCUT2D eigenvalue weighted by molar-refractivity contribution is -0.835. The summed E-state index contributed by atoms with van der Waals surface area (Å²) >= 11 is 2.53. The van der Waals surface area contributed by atoms with Crippen LogP contribution in [-0.2, 0) is 19.2 Å². The average molecular weight is 545 g/mol. The Labute approximate surface area is 218 Å². The molecule has 0 aromatic carbocycles. The molecule has 15 heteroatoms. The topological polar surface area (TPSA) is 178 Å². The number of thioether (sulfide) groups is 1. The van der Waals surface area contributed by atoms with Crippen LogP contribution in [0.5, 0.6) is 0 Å². The maximum absolute atomic E-state index is 13.0. The summed E-state index contributed by atoms with van der Waals surface area (Å²) in [5.74, 6) is -1.30. The Hall–Kier alpha value is -3.95. The van der Waals surface area contributed by atoms with Crippen LogP contribution in [0.1, 0.15) is 11.5 Å². The largest absolute Gasteiger partial charge is 0.477 e. The molecule has 13 nitrogen and oxygen atoms in total. The predicted octanol–water partition coefficient (Wildman–Crippen LogP) is -0.702. The molecule has 5 N–H and O–H groups in total. The van der Waals surface area contributed by atoms with E-state index in [1.807, 2.05) is 18.4 Å². The number of fused-ring (bicyclic) bond motifs is 1. The van der Waals surface area contributed by atoms with E-state index in [9.17, 15) is 19.5 Å². The van der Waals surface area contributed by atoms with Crippen LogP contribution < -0.4 is 16.0 Å². The first-order chi connectivity index (χ1) is 17.9. The van der Waals surface area contributed by atoms with Crippen LogP contribution in [0.2, 0.25) is 0 Å². The maximum atomic E-state index is 13.0. The zero-order valence-corrected chi connectivity index (χ0v) is 21.0. The van der Waals surface area contributed by atoms with Crippen molar-refractivity contribution in [2.45, 2.75) is 11.4 Å². The first-order valence-corrected chi connectivity index (χ1v) is 13.0. The summed E-state index contributed by atoms with van der Waals surface area (Å²) < 4.78 is 5.32. The van der Waals surface area contributed by atoms with Gasteiger partial charge in [-0.2, -0.15) is 0 Å². The molecule has 192 valence electrons. The van der Waals surface area contributed by atoms with Gasteiger partial charge in [-0.3, -0.25) is 14.5 Å². The molecule has 1 unspecified atom stereocenters. The van der Waals surface area contributed by atoms with Gasteiger partial charge in [-0.1, -0.05) is 5.16 Å². The quantitative estimate of drug-likeness (QED) is 0.189. The molecule has 3 aliphatic rings. The molecule has 1 saturated heterocycles. The van der Waals surface area contributed by atoms with E-state index in [1.54, 1.807) is 11.6 Å². The average Bonchev–Trinajstić information content (AvgIpc) is 3.58. The van der Waals surface area contributed by atoms with Crippen molar-refractivity contribution in [3.8, 4) is 0 Å². The summed E-state index contributed by atoms with van der Waals surface area (Å²) in [4.78, 5) is 53.1. The molecule has 2 aromatic rings. The summed E-state index contributed by atoms with van der Waals surface area (Å²) in [5.41, 5.74) is 7.24. The second-order valence-corrected chi connectivity index (χ2v) is 10.2. The first-order valence-electron chi connectivity index (χ1n) is 11.0. The minimum Gasteiger partial charge on any atom is -0.477 e.